The molecule has 0 saturated carbocycles. The van der Waals surface area contributed by atoms with Crippen LogP contribution >= 0.6 is 0 Å². The van der Waals surface area contributed by atoms with Gasteiger partial charge in [0.15, 0.2) is 12.4 Å². The van der Waals surface area contributed by atoms with Crippen LogP contribution in [0.2, 0.25) is 0 Å². The van der Waals surface area contributed by atoms with Crippen LogP contribution in [0.3, 0.4) is 0 Å². The second kappa shape index (κ2) is 9.26. The van der Waals surface area contributed by atoms with Crippen molar-refractivity contribution in [1.29, 1.82) is 0 Å². The number of ether oxygens (including phenoxy) is 1. The summed E-state index contributed by atoms with van der Waals surface area (Å²) < 4.78 is 31.2. The summed E-state index contributed by atoms with van der Waals surface area (Å²) in [6.45, 7) is 1.55. The highest BCUT2D eigenvalue weighted by molar-refractivity contribution is 7.89. The molecule has 0 amide bonds. The van der Waals surface area contributed by atoms with Crippen LogP contribution < -0.4 is 4.72 Å². The van der Waals surface area contributed by atoms with Crippen LogP contribution in [0.4, 0.5) is 0 Å². The number of sulfonamides is 1. The van der Waals surface area contributed by atoms with Gasteiger partial charge in [-0.05, 0) is 24.1 Å². The van der Waals surface area contributed by atoms with Gasteiger partial charge in [-0.3, -0.25) is 9.59 Å². The Hall–Kier alpha value is -2.51. The zero-order valence-corrected chi connectivity index (χ0v) is 15.3. The Morgan fingerprint density at radius 2 is 1.65 bits per heavy atom. The fourth-order valence-corrected chi connectivity index (χ4v) is 3.25. The van der Waals surface area contributed by atoms with Gasteiger partial charge in [-0.1, -0.05) is 49.4 Å². The number of aryl methyl sites for hydroxylation is 1. The largest absolute Gasteiger partial charge is 0.457 e. The maximum Gasteiger partial charge on any atom is 0.307 e. The fourth-order valence-electron chi connectivity index (χ4n) is 2.20. The molecule has 0 aliphatic heterocycles. The summed E-state index contributed by atoms with van der Waals surface area (Å²) >= 11 is 0. The summed E-state index contributed by atoms with van der Waals surface area (Å²) in [5.74, 6) is -0.940. The third kappa shape index (κ3) is 5.79. The molecule has 2 aromatic rings. The minimum atomic E-state index is -3.66. The molecule has 0 aliphatic rings. The molecule has 0 atom stereocenters. The maximum atomic E-state index is 12.0. The predicted octanol–water partition coefficient (Wildman–Crippen LogP) is 2.34. The first-order valence-corrected chi connectivity index (χ1v) is 9.73. The van der Waals surface area contributed by atoms with Crippen LogP contribution in [0.5, 0.6) is 0 Å². The molecule has 138 valence electrons. The van der Waals surface area contributed by atoms with E-state index in [4.69, 9.17) is 4.74 Å². The smallest absolute Gasteiger partial charge is 0.307 e. The summed E-state index contributed by atoms with van der Waals surface area (Å²) in [5.41, 5.74) is 1.59. The number of Topliss-reactive ketones (excluding diaryl/α,β-unsaturated/α-hetero) is 1. The van der Waals surface area contributed by atoms with Gasteiger partial charge in [-0.2, -0.15) is 0 Å². The lowest BCUT2D eigenvalue weighted by molar-refractivity contribution is -0.142. The second-order valence-corrected chi connectivity index (χ2v) is 7.36. The standard InChI is InChI=1S/C19H21NO5S/c1-2-15-8-10-16(11-9-15)18(21)14-25-19(22)12-13-20-26(23,24)17-6-4-3-5-7-17/h3-11,20H,2,12-14H2,1H3. The van der Waals surface area contributed by atoms with Gasteiger partial charge in [-0.15, -0.1) is 0 Å². The zero-order valence-electron chi connectivity index (χ0n) is 14.5. The fraction of sp³-hybridized carbons (Fsp3) is 0.263. The van der Waals surface area contributed by atoms with Crippen molar-refractivity contribution in [2.75, 3.05) is 13.2 Å². The molecule has 6 nitrogen and oxygen atoms in total. The topological polar surface area (TPSA) is 89.5 Å². The van der Waals surface area contributed by atoms with Gasteiger partial charge in [0.05, 0.1) is 11.3 Å². The molecule has 0 spiro atoms. The number of hydrogen-bond acceptors (Lipinski definition) is 5. The summed E-state index contributed by atoms with van der Waals surface area (Å²) in [4.78, 5) is 23.8. The minimum absolute atomic E-state index is 0.102. The first-order valence-electron chi connectivity index (χ1n) is 8.25. The summed E-state index contributed by atoms with van der Waals surface area (Å²) in [5, 5.41) is 0. The maximum absolute atomic E-state index is 12.0. The average molecular weight is 375 g/mol. The zero-order chi connectivity index (χ0) is 19.0. The Kier molecular flexibility index (Phi) is 7.06. The van der Waals surface area contributed by atoms with Gasteiger partial charge in [0.25, 0.3) is 0 Å². The van der Waals surface area contributed by atoms with Crippen molar-refractivity contribution >= 4 is 21.8 Å². The Balaban J connectivity index is 1.75. The average Bonchev–Trinajstić information content (AvgIpc) is 2.66. The number of rotatable bonds is 9. The molecule has 0 heterocycles. The van der Waals surface area contributed by atoms with E-state index in [1.54, 1.807) is 30.3 Å². The van der Waals surface area contributed by atoms with Gasteiger partial charge >= 0.3 is 5.97 Å². The Bertz CT molecular complexity index is 845. The highest BCUT2D eigenvalue weighted by Gasteiger charge is 2.14. The van der Waals surface area contributed by atoms with E-state index in [1.165, 1.54) is 12.1 Å². The van der Waals surface area contributed by atoms with Crippen molar-refractivity contribution in [1.82, 2.24) is 4.72 Å². The minimum Gasteiger partial charge on any atom is -0.457 e. The molecule has 26 heavy (non-hydrogen) atoms. The molecule has 2 rings (SSSR count). The Morgan fingerprint density at radius 1 is 1.00 bits per heavy atom. The number of ketones is 1. The van der Waals surface area contributed by atoms with Gasteiger partial charge in [-0.25, -0.2) is 13.1 Å². The molecular weight excluding hydrogens is 354 g/mol. The highest BCUT2D eigenvalue weighted by Crippen LogP contribution is 2.08. The molecule has 1 N–H and O–H groups in total. The number of esters is 1. The van der Waals surface area contributed by atoms with Crippen molar-refractivity contribution in [3.8, 4) is 0 Å². The lowest BCUT2D eigenvalue weighted by Gasteiger charge is -2.07. The highest BCUT2D eigenvalue weighted by atomic mass is 32.2. The molecule has 7 heteroatoms. The van der Waals surface area contributed by atoms with Crippen molar-refractivity contribution in [2.24, 2.45) is 0 Å². The lowest BCUT2D eigenvalue weighted by Crippen LogP contribution is -2.27. The van der Waals surface area contributed by atoms with Crippen molar-refractivity contribution in [3.63, 3.8) is 0 Å². The van der Waals surface area contributed by atoms with Crippen LogP contribution in [0.1, 0.15) is 29.3 Å². The van der Waals surface area contributed by atoms with Gasteiger partial charge in [0.1, 0.15) is 0 Å². The van der Waals surface area contributed by atoms with E-state index in [2.05, 4.69) is 4.72 Å². The number of hydrogen-bond donors (Lipinski definition) is 1. The molecule has 0 unspecified atom stereocenters. The molecule has 0 radical (unpaired) electrons. The molecular formula is C19H21NO5S. The predicted molar refractivity (Wildman–Crippen MR) is 97.4 cm³/mol. The van der Waals surface area contributed by atoms with E-state index < -0.39 is 16.0 Å². The summed E-state index contributed by atoms with van der Waals surface area (Å²) in [6.07, 6.45) is 0.719. The van der Waals surface area contributed by atoms with Crippen molar-refractivity contribution < 1.29 is 22.7 Å². The molecule has 0 aliphatic carbocycles. The molecule has 0 fully saturated rings. The van der Waals surface area contributed by atoms with Crippen LogP contribution in [-0.4, -0.2) is 33.3 Å². The first-order chi connectivity index (χ1) is 12.4. The Labute approximate surface area is 153 Å². The van der Waals surface area contributed by atoms with E-state index in [9.17, 15) is 18.0 Å². The Morgan fingerprint density at radius 3 is 2.27 bits per heavy atom. The number of benzene rings is 2. The summed E-state index contributed by atoms with van der Waals surface area (Å²) in [7, 11) is -3.66. The van der Waals surface area contributed by atoms with E-state index in [0.717, 1.165) is 12.0 Å². The third-order valence-corrected chi connectivity index (χ3v) is 5.20. The second-order valence-electron chi connectivity index (χ2n) is 5.60. The van der Waals surface area contributed by atoms with Crippen LogP contribution in [0, 0.1) is 0 Å². The lowest BCUT2D eigenvalue weighted by atomic mass is 10.1. The van der Waals surface area contributed by atoms with Crippen molar-refractivity contribution in [3.05, 3.63) is 65.7 Å². The summed E-state index contributed by atoms with van der Waals surface area (Å²) in [6, 6.07) is 15.0. The van der Waals surface area contributed by atoms with Crippen LogP contribution in [-0.2, 0) is 26.0 Å². The number of carbonyl (C=O) groups excluding carboxylic acids is 2. The molecule has 0 aromatic heterocycles. The molecule has 2 aromatic carbocycles. The van der Waals surface area contributed by atoms with E-state index in [1.807, 2.05) is 19.1 Å². The molecule has 0 saturated heterocycles. The third-order valence-electron chi connectivity index (χ3n) is 3.72. The SMILES string of the molecule is CCc1ccc(C(=O)COC(=O)CCNS(=O)(=O)c2ccccc2)cc1. The van der Waals surface area contributed by atoms with E-state index >= 15 is 0 Å². The van der Waals surface area contributed by atoms with Crippen LogP contribution in [0.25, 0.3) is 0 Å². The quantitative estimate of drug-likeness (QED) is 0.537. The first kappa shape index (κ1) is 19.8. The van der Waals surface area contributed by atoms with Crippen molar-refractivity contribution in [2.45, 2.75) is 24.7 Å². The van der Waals surface area contributed by atoms with E-state index in [-0.39, 0.29) is 30.3 Å². The van der Waals surface area contributed by atoms with Crippen LogP contribution in [0.15, 0.2) is 59.5 Å². The van der Waals surface area contributed by atoms with Gasteiger partial charge < -0.3 is 4.74 Å². The monoisotopic (exact) mass is 375 g/mol. The van der Waals surface area contributed by atoms with Gasteiger partial charge in [0.2, 0.25) is 10.0 Å². The normalized spacial score (nSPS) is 11.1. The van der Waals surface area contributed by atoms with E-state index in [0.29, 0.717) is 5.56 Å². The van der Waals surface area contributed by atoms with Gasteiger partial charge in [0, 0.05) is 12.1 Å². The molecule has 0 bridgehead atoms. The number of nitrogens with one attached hydrogen (secondary N) is 1. The number of carbonyl (C=O) groups is 2.